The number of rotatable bonds is 5. The van der Waals surface area contributed by atoms with E-state index in [0.717, 1.165) is 23.9 Å². The van der Waals surface area contributed by atoms with Crippen LogP contribution in [0, 0.1) is 11.6 Å². The van der Waals surface area contributed by atoms with Gasteiger partial charge in [-0.2, -0.15) is 5.10 Å². The van der Waals surface area contributed by atoms with Gasteiger partial charge in [-0.1, -0.05) is 19.1 Å². The molecular weight excluding hydrogens is 262 g/mol. The van der Waals surface area contributed by atoms with Crippen LogP contribution in [0.25, 0.3) is 0 Å². The van der Waals surface area contributed by atoms with Crippen LogP contribution in [0.4, 0.5) is 8.78 Å². The van der Waals surface area contributed by atoms with Gasteiger partial charge in [-0.3, -0.25) is 10.5 Å². The molecule has 2 rings (SSSR count). The number of nitrogens with zero attached hydrogens (tertiary/aromatic N) is 2. The second kappa shape index (κ2) is 6.11. The van der Waals surface area contributed by atoms with Crippen LogP contribution in [0.2, 0.25) is 0 Å². The topological polar surface area (TPSA) is 55.9 Å². The second-order valence-corrected chi connectivity index (χ2v) is 4.47. The summed E-state index contributed by atoms with van der Waals surface area (Å²) < 4.78 is 29.1. The van der Waals surface area contributed by atoms with Gasteiger partial charge >= 0.3 is 0 Å². The summed E-state index contributed by atoms with van der Waals surface area (Å²) in [6.07, 6.45) is 0.767. The lowest BCUT2D eigenvalue weighted by Gasteiger charge is -2.18. The molecule has 0 spiro atoms. The van der Waals surface area contributed by atoms with Crippen LogP contribution >= 0.6 is 0 Å². The minimum atomic E-state index is -0.891. The van der Waals surface area contributed by atoms with Crippen LogP contribution in [0.15, 0.2) is 24.3 Å². The molecule has 0 saturated carbocycles. The normalized spacial score (nSPS) is 12.7. The highest BCUT2D eigenvalue weighted by atomic mass is 19.2. The summed E-state index contributed by atoms with van der Waals surface area (Å²) in [5, 5.41) is 4.40. The Labute approximate surface area is 116 Å². The third-order valence-electron chi connectivity index (χ3n) is 3.28. The number of aromatic nitrogens is 2. The zero-order chi connectivity index (χ0) is 14.7. The number of hydrogen-bond donors (Lipinski definition) is 2. The number of hydrazine groups is 1. The van der Waals surface area contributed by atoms with Gasteiger partial charge in [0.15, 0.2) is 11.6 Å². The molecule has 0 aliphatic carbocycles. The standard InChI is InChI=1S/C14H18F2N4/c1-3-9-8-12(20(4-2)19-9)14(18-17)10-6-5-7-11(15)13(10)16/h5-8,14,18H,3-4,17H2,1-2H3. The molecule has 0 aliphatic heterocycles. The predicted molar refractivity (Wildman–Crippen MR) is 72.8 cm³/mol. The maximum Gasteiger partial charge on any atom is 0.164 e. The fraction of sp³-hybridized carbons (Fsp3) is 0.357. The van der Waals surface area contributed by atoms with Crippen molar-refractivity contribution in [2.75, 3.05) is 0 Å². The zero-order valence-electron chi connectivity index (χ0n) is 11.5. The number of nitrogens with two attached hydrogens (primary N) is 1. The lowest BCUT2D eigenvalue weighted by atomic mass is 10.0. The molecule has 1 heterocycles. The van der Waals surface area contributed by atoms with E-state index in [-0.39, 0.29) is 5.56 Å². The Balaban J connectivity index is 2.52. The first kappa shape index (κ1) is 14.6. The Morgan fingerprint density at radius 2 is 2.10 bits per heavy atom. The first-order chi connectivity index (χ1) is 9.62. The second-order valence-electron chi connectivity index (χ2n) is 4.47. The molecule has 2 aromatic rings. The van der Waals surface area contributed by atoms with Gasteiger partial charge in [0, 0.05) is 12.1 Å². The largest absolute Gasteiger partial charge is 0.271 e. The number of aryl methyl sites for hydroxylation is 2. The Bertz CT molecular complexity index is 595. The Morgan fingerprint density at radius 3 is 2.70 bits per heavy atom. The molecule has 0 fully saturated rings. The third-order valence-corrected chi connectivity index (χ3v) is 3.28. The molecule has 0 amide bonds. The summed E-state index contributed by atoms with van der Waals surface area (Å²) in [7, 11) is 0. The Hall–Kier alpha value is -1.79. The molecule has 0 aliphatic rings. The van der Waals surface area contributed by atoms with Gasteiger partial charge in [-0.05, 0) is 25.5 Å². The summed E-state index contributed by atoms with van der Waals surface area (Å²) in [6, 6.07) is 5.28. The van der Waals surface area contributed by atoms with Crippen molar-refractivity contribution in [2.24, 2.45) is 5.84 Å². The molecule has 1 unspecified atom stereocenters. The van der Waals surface area contributed by atoms with Crippen molar-refractivity contribution in [3.8, 4) is 0 Å². The molecule has 108 valence electrons. The quantitative estimate of drug-likeness (QED) is 0.652. The first-order valence-corrected chi connectivity index (χ1v) is 6.59. The van der Waals surface area contributed by atoms with E-state index in [2.05, 4.69) is 10.5 Å². The highest BCUT2D eigenvalue weighted by Crippen LogP contribution is 2.26. The SMILES string of the molecule is CCc1cc(C(NN)c2cccc(F)c2F)n(CC)n1. The van der Waals surface area contributed by atoms with E-state index in [4.69, 9.17) is 5.84 Å². The molecule has 1 aromatic heterocycles. The lowest BCUT2D eigenvalue weighted by molar-refractivity contribution is 0.471. The third kappa shape index (κ3) is 2.57. The van der Waals surface area contributed by atoms with Crippen molar-refractivity contribution in [1.29, 1.82) is 0 Å². The molecular formula is C14H18F2N4. The number of nitrogens with one attached hydrogen (secondary N) is 1. The molecule has 0 bridgehead atoms. The molecule has 0 radical (unpaired) electrons. The van der Waals surface area contributed by atoms with Crippen LogP contribution in [0.3, 0.4) is 0 Å². The highest BCUT2D eigenvalue weighted by Gasteiger charge is 2.22. The average Bonchev–Trinajstić information content (AvgIpc) is 2.87. The number of halogens is 2. The fourth-order valence-electron chi connectivity index (χ4n) is 2.22. The number of hydrogen-bond acceptors (Lipinski definition) is 3. The number of benzene rings is 1. The van der Waals surface area contributed by atoms with Gasteiger partial charge in [0.05, 0.1) is 17.4 Å². The predicted octanol–water partition coefficient (Wildman–Crippen LogP) is 2.30. The van der Waals surface area contributed by atoms with Gasteiger partial charge in [-0.15, -0.1) is 0 Å². The molecule has 20 heavy (non-hydrogen) atoms. The van der Waals surface area contributed by atoms with Gasteiger partial charge in [0.1, 0.15) is 0 Å². The summed E-state index contributed by atoms with van der Waals surface area (Å²) in [6.45, 7) is 4.55. The van der Waals surface area contributed by atoms with Crippen LogP contribution in [-0.4, -0.2) is 9.78 Å². The average molecular weight is 280 g/mol. The maximum atomic E-state index is 13.9. The van der Waals surface area contributed by atoms with Crippen molar-refractivity contribution >= 4 is 0 Å². The summed E-state index contributed by atoms with van der Waals surface area (Å²) in [5.41, 5.74) is 4.33. The van der Waals surface area contributed by atoms with Gasteiger partial charge < -0.3 is 0 Å². The van der Waals surface area contributed by atoms with Gasteiger partial charge in [-0.25, -0.2) is 14.2 Å². The van der Waals surface area contributed by atoms with E-state index in [9.17, 15) is 8.78 Å². The van der Waals surface area contributed by atoms with E-state index in [1.54, 1.807) is 4.68 Å². The van der Waals surface area contributed by atoms with Crippen LogP contribution in [0.1, 0.15) is 36.8 Å². The Kier molecular flexibility index (Phi) is 4.46. The van der Waals surface area contributed by atoms with Crippen molar-refractivity contribution in [3.05, 3.63) is 52.9 Å². The highest BCUT2D eigenvalue weighted by molar-refractivity contribution is 5.30. The fourth-order valence-corrected chi connectivity index (χ4v) is 2.22. The van der Waals surface area contributed by atoms with Crippen LogP contribution < -0.4 is 11.3 Å². The molecule has 6 heteroatoms. The van der Waals surface area contributed by atoms with Crippen molar-refractivity contribution in [1.82, 2.24) is 15.2 Å². The van der Waals surface area contributed by atoms with E-state index < -0.39 is 17.7 Å². The van der Waals surface area contributed by atoms with Gasteiger partial charge in [0.25, 0.3) is 0 Å². The summed E-state index contributed by atoms with van der Waals surface area (Å²) in [5.74, 6) is 3.77. The van der Waals surface area contributed by atoms with E-state index in [1.165, 1.54) is 12.1 Å². The summed E-state index contributed by atoms with van der Waals surface area (Å²) in [4.78, 5) is 0. The molecule has 1 atom stereocenters. The first-order valence-electron chi connectivity index (χ1n) is 6.59. The molecule has 0 saturated heterocycles. The van der Waals surface area contributed by atoms with Crippen LogP contribution in [0.5, 0.6) is 0 Å². The zero-order valence-corrected chi connectivity index (χ0v) is 11.5. The lowest BCUT2D eigenvalue weighted by Crippen LogP contribution is -2.31. The molecule has 3 N–H and O–H groups in total. The van der Waals surface area contributed by atoms with Crippen molar-refractivity contribution < 1.29 is 8.78 Å². The van der Waals surface area contributed by atoms with E-state index in [1.807, 2.05) is 19.9 Å². The smallest absolute Gasteiger partial charge is 0.164 e. The molecule has 1 aromatic carbocycles. The minimum absolute atomic E-state index is 0.171. The van der Waals surface area contributed by atoms with Crippen LogP contribution in [-0.2, 0) is 13.0 Å². The van der Waals surface area contributed by atoms with Crippen molar-refractivity contribution in [3.63, 3.8) is 0 Å². The molecule has 4 nitrogen and oxygen atoms in total. The Morgan fingerprint density at radius 1 is 1.35 bits per heavy atom. The van der Waals surface area contributed by atoms with Gasteiger partial charge in [0.2, 0.25) is 0 Å². The van der Waals surface area contributed by atoms with Crippen molar-refractivity contribution in [2.45, 2.75) is 32.9 Å². The van der Waals surface area contributed by atoms with E-state index in [0.29, 0.717) is 6.54 Å². The minimum Gasteiger partial charge on any atom is -0.271 e. The summed E-state index contributed by atoms with van der Waals surface area (Å²) >= 11 is 0. The van der Waals surface area contributed by atoms with E-state index >= 15 is 0 Å². The maximum absolute atomic E-state index is 13.9. The monoisotopic (exact) mass is 280 g/mol.